The average Bonchev–Trinajstić information content (AvgIpc) is 2.56. The van der Waals surface area contributed by atoms with Crippen molar-refractivity contribution in [3.63, 3.8) is 0 Å². The molecule has 0 unspecified atom stereocenters. The van der Waals surface area contributed by atoms with E-state index in [4.69, 9.17) is 17.0 Å². The molecule has 1 aliphatic rings. The first-order chi connectivity index (χ1) is 10.7. The quantitative estimate of drug-likeness (QED) is 0.643. The number of amides is 1. The summed E-state index contributed by atoms with van der Waals surface area (Å²) in [6.45, 7) is 3.00. The molecule has 2 N–H and O–H groups in total. The third-order valence-electron chi connectivity index (χ3n) is 3.62. The number of nitrogens with one attached hydrogen (secondary N) is 2. The van der Waals surface area contributed by atoms with E-state index in [1.165, 1.54) is 6.42 Å². The van der Waals surface area contributed by atoms with Crippen molar-refractivity contribution in [3.05, 3.63) is 29.8 Å². The molecular weight excluding hydrogens is 298 g/mol. The normalized spacial score (nSPS) is 14.5. The molecule has 6 heteroatoms. The molecule has 120 valence electrons. The van der Waals surface area contributed by atoms with Gasteiger partial charge in [0.05, 0.1) is 6.61 Å². The van der Waals surface area contributed by atoms with Gasteiger partial charge in [-0.05, 0) is 55.7 Å². The molecule has 1 aliphatic heterocycles. The third kappa shape index (κ3) is 4.96. The average molecular weight is 321 g/mol. The molecule has 5 nitrogen and oxygen atoms in total. The predicted octanol–water partition coefficient (Wildman–Crippen LogP) is 2.25. The summed E-state index contributed by atoms with van der Waals surface area (Å²) in [6.07, 6.45) is 3.43. The van der Waals surface area contributed by atoms with E-state index in [9.17, 15) is 4.79 Å². The maximum absolute atomic E-state index is 12.4. The Labute approximate surface area is 137 Å². The SMILES string of the molecule is COCCNC(=S)Nc1ccc(C(=O)N2CCCCC2)cc1. The smallest absolute Gasteiger partial charge is 0.253 e. The Balaban J connectivity index is 1.86. The number of hydrogen-bond donors (Lipinski definition) is 2. The molecule has 2 rings (SSSR count). The topological polar surface area (TPSA) is 53.6 Å². The molecule has 0 saturated carbocycles. The zero-order valence-electron chi connectivity index (χ0n) is 12.9. The monoisotopic (exact) mass is 321 g/mol. The van der Waals surface area contributed by atoms with Crippen molar-refractivity contribution in [1.29, 1.82) is 0 Å². The summed E-state index contributed by atoms with van der Waals surface area (Å²) in [5.74, 6) is 0.118. The fraction of sp³-hybridized carbons (Fsp3) is 0.500. The Bertz CT molecular complexity index is 499. The zero-order chi connectivity index (χ0) is 15.8. The van der Waals surface area contributed by atoms with Crippen LogP contribution in [0.3, 0.4) is 0 Å². The van der Waals surface area contributed by atoms with Crippen LogP contribution in [0.4, 0.5) is 5.69 Å². The van der Waals surface area contributed by atoms with Gasteiger partial charge >= 0.3 is 0 Å². The van der Waals surface area contributed by atoms with Crippen molar-refractivity contribution in [1.82, 2.24) is 10.2 Å². The molecular formula is C16H23N3O2S. The van der Waals surface area contributed by atoms with Crippen molar-refractivity contribution in [3.8, 4) is 0 Å². The molecule has 1 aromatic rings. The molecule has 1 heterocycles. The zero-order valence-corrected chi connectivity index (χ0v) is 13.7. The van der Waals surface area contributed by atoms with Crippen molar-refractivity contribution < 1.29 is 9.53 Å². The number of likely N-dealkylation sites (tertiary alicyclic amines) is 1. The second kappa shape index (κ2) is 8.70. The van der Waals surface area contributed by atoms with E-state index >= 15 is 0 Å². The molecule has 1 aromatic carbocycles. The van der Waals surface area contributed by atoms with Crippen molar-refractivity contribution in [2.24, 2.45) is 0 Å². The highest BCUT2D eigenvalue weighted by molar-refractivity contribution is 7.80. The highest BCUT2D eigenvalue weighted by atomic mass is 32.1. The number of nitrogens with zero attached hydrogens (tertiary/aromatic N) is 1. The maximum Gasteiger partial charge on any atom is 0.253 e. The molecule has 0 bridgehead atoms. The van der Waals surface area contributed by atoms with Crippen LogP contribution >= 0.6 is 12.2 Å². The van der Waals surface area contributed by atoms with Crippen molar-refractivity contribution >= 4 is 28.9 Å². The van der Waals surface area contributed by atoms with Gasteiger partial charge in [0.1, 0.15) is 0 Å². The predicted molar refractivity (Wildman–Crippen MR) is 92.3 cm³/mol. The van der Waals surface area contributed by atoms with Gasteiger partial charge < -0.3 is 20.3 Å². The lowest BCUT2D eigenvalue weighted by molar-refractivity contribution is 0.0724. The van der Waals surface area contributed by atoms with Crippen LogP contribution in [0.2, 0.25) is 0 Å². The Kier molecular flexibility index (Phi) is 6.61. The summed E-state index contributed by atoms with van der Waals surface area (Å²) < 4.78 is 4.95. The fourth-order valence-electron chi connectivity index (χ4n) is 2.42. The lowest BCUT2D eigenvalue weighted by Crippen LogP contribution is -2.35. The number of piperidine rings is 1. The van der Waals surface area contributed by atoms with E-state index in [0.29, 0.717) is 18.3 Å². The molecule has 1 fully saturated rings. The van der Waals surface area contributed by atoms with Crippen LogP contribution in [-0.2, 0) is 4.74 Å². The van der Waals surface area contributed by atoms with Gasteiger partial charge in [-0.25, -0.2) is 0 Å². The number of methoxy groups -OCH3 is 1. The van der Waals surface area contributed by atoms with E-state index < -0.39 is 0 Å². The van der Waals surface area contributed by atoms with Gasteiger partial charge in [0.2, 0.25) is 0 Å². The number of carbonyl (C=O) groups excluding carboxylic acids is 1. The molecule has 0 aliphatic carbocycles. The lowest BCUT2D eigenvalue weighted by atomic mass is 10.1. The summed E-state index contributed by atoms with van der Waals surface area (Å²) in [7, 11) is 1.65. The standard InChI is InChI=1S/C16H23N3O2S/c1-21-12-9-17-16(22)18-14-7-5-13(6-8-14)15(20)19-10-3-2-4-11-19/h5-8H,2-4,9-12H2,1H3,(H2,17,18,22). The van der Waals surface area contributed by atoms with Crippen LogP contribution in [0.25, 0.3) is 0 Å². The molecule has 22 heavy (non-hydrogen) atoms. The summed E-state index contributed by atoms with van der Waals surface area (Å²) >= 11 is 5.18. The number of rotatable bonds is 5. The van der Waals surface area contributed by atoms with Crippen LogP contribution in [0.1, 0.15) is 29.6 Å². The summed E-state index contributed by atoms with van der Waals surface area (Å²) in [6, 6.07) is 7.44. The van der Waals surface area contributed by atoms with Crippen LogP contribution in [-0.4, -0.2) is 49.3 Å². The number of benzene rings is 1. The fourth-order valence-corrected chi connectivity index (χ4v) is 2.64. The van der Waals surface area contributed by atoms with Gasteiger partial charge in [0.25, 0.3) is 5.91 Å². The van der Waals surface area contributed by atoms with Gasteiger partial charge in [0, 0.05) is 38.0 Å². The number of hydrogen-bond acceptors (Lipinski definition) is 3. The minimum absolute atomic E-state index is 0.118. The highest BCUT2D eigenvalue weighted by Gasteiger charge is 2.17. The molecule has 0 radical (unpaired) electrons. The van der Waals surface area contributed by atoms with E-state index in [-0.39, 0.29) is 5.91 Å². The Morgan fingerprint density at radius 1 is 1.23 bits per heavy atom. The first kappa shape index (κ1) is 16.7. The lowest BCUT2D eigenvalue weighted by Gasteiger charge is -2.26. The highest BCUT2D eigenvalue weighted by Crippen LogP contribution is 2.15. The molecule has 0 aromatic heterocycles. The molecule has 1 saturated heterocycles. The van der Waals surface area contributed by atoms with E-state index in [0.717, 1.165) is 37.2 Å². The minimum Gasteiger partial charge on any atom is -0.383 e. The van der Waals surface area contributed by atoms with Crippen LogP contribution in [0.15, 0.2) is 24.3 Å². The van der Waals surface area contributed by atoms with Gasteiger partial charge in [-0.2, -0.15) is 0 Å². The van der Waals surface area contributed by atoms with E-state index in [1.54, 1.807) is 7.11 Å². The summed E-state index contributed by atoms with van der Waals surface area (Å²) in [5, 5.41) is 6.68. The first-order valence-corrected chi connectivity index (χ1v) is 8.04. The van der Waals surface area contributed by atoms with Crippen LogP contribution in [0, 0.1) is 0 Å². The van der Waals surface area contributed by atoms with Gasteiger partial charge in [-0.15, -0.1) is 0 Å². The van der Waals surface area contributed by atoms with Crippen molar-refractivity contribution in [2.75, 3.05) is 38.7 Å². The van der Waals surface area contributed by atoms with Crippen molar-refractivity contribution in [2.45, 2.75) is 19.3 Å². The number of thiocarbonyl (C=S) groups is 1. The van der Waals surface area contributed by atoms with Gasteiger partial charge in [0.15, 0.2) is 5.11 Å². The third-order valence-corrected chi connectivity index (χ3v) is 3.87. The number of ether oxygens (including phenoxy) is 1. The minimum atomic E-state index is 0.118. The van der Waals surface area contributed by atoms with Gasteiger partial charge in [-0.3, -0.25) is 4.79 Å². The largest absolute Gasteiger partial charge is 0.383 e. The number of anilines is 1. The summed E-state index contributed by atoms with van der Waals surface area (Å²) in [4.78, 5) is 14.3. The number of carbonyl (C=O) groups is 1. The summed E-state index contributed by atoms with van der Waals surface area (Å²) in [5.41, 5.74) is 1.59. The molecule has 0 spiro atoms. The van der Waals surface area contributed by atoms with Gasteiger partial charge in [-0.1, -0.05) is 0 Å². The van der Waals surface area contributed by atoms with E-state index in [1.807, 2.05) is 29.2 Å². The molecule has 0 atom stereocenters. The van der Waals surface area contributed by atoms with Crippen LogP contribution in [0.5, 0.6) is 0 Å². The second-order valence-electron chi connectivity index (χ2n) is 5.30. The van der Waals surface area contributed by atoms with E-state index in [2.05, 4.69) is 10.6 Å². The molecule has 1 amide bonds. The first-order valence-electron chi connectivity index (χ1n) is 7.64. The second-order valence-corrected chi connectivity index (χ2v) is 5.71. The Morgan fingerprint density at radius 3 is 2.55 bits per heavy atom. The van der Waals surface area contributed by atoms with Crippen LogP contribution < -0.4 is 10.6 Å². The Morgan fingerprint density at radius 2 is 1.91 bits per heavy atom. The maximum atomic E-state index is 12.4. The Hall–Kier alpha value is -1.66.